The Morgan fingerprint density at radius 3 is 2.25 bits per heavy atom. The Kier molecular flexibility index (Phi) is 5.71. The highest BCUT2D eigenvalue weighted by molar-refractivity contribution is 5.94. The first kappa shape index (κ1) is 15.7. The lowest BCUT2D eigenvalue weighted by Crippen LogP contribution is -2.31. The van der Waals surface area contributed by atoms with Gasteiger partial charge in [-0.05, 0) is 31.2 Å². The predicted octanol–water partition coefficient (Wildman–Crippen LogP) is 0.982. The zero-order chi connectivity index (χ0) is 15.1. The van der Waals surface area contributed by atoms with E-state index in [1.54, 1.807) is 29.2 Å². The fourth-order valence-corrected chi connectivity index (χ4v) is 1.72. The molecule has 0 aliphatic carbocycles. The van der Waals surface area contributed by atoms with Gasteiger partial charge >= 0.3 is 0 Å². The molecule has 0 aromatic heterocycles. The van der Waals surface area contributed by atoms with Gasteiger partial charge in [0.25, 0.3) is 0 Å². The standard InChI is InChI=1S/C14H19N3O3/c1-3-17(10(2)18)9-8-13(19)16-12-6-4-11(5-7-12)14(15)20/h4-7H,3,8-9H2,1-2H3,(H2,15,20)(H,16,19). The van der Waals surface area contributed by atoms with E-state index >= 15 is 0 Å². The van der Waals surface area contributed by atoms with E-state index in [0.29, 0.717) is 24.3 Å². The SMILES string of the molecule is CCN(CCC(=O)Nc1ccc(C(N)=O)cc1)C(C)=O. The summed E-state index contributed by atoms with van der Waals surface area (Å²) in [4.78, 5) is 35.4. The third-order valence-corrected chi connectivity index (χ3v) is 2.89. The summed E-state index contributed by atoms with van der Waals surface area (Å²) >= 11 is 0. The van der Waals surface area contributed by atoms with Gasteiger partial charge in [0.05, 0.1) is 0 Å². The second-order valence-corrected chi connectivity index (χ2v) is 4.34. The Labute approximate surface area is 117 Å². The van der Waals surface area contributed by atoms with Gasteiger partial charge in [-0.3, -0.25) is 14.4 Å². The van der Waals surface area contributed by atoms with Crippen molar-refractivity contribution in [1.29, 1.82) is 0 Å². The molecule has 0 bridgehead atoms. The average molecular weight is 277 g/mol. The van der Waals surface area contributed by atoms with Gasteiger partial charge in [-0.1, -0.05) is 0 Å². The van der Waals surface area contributed by atoms with Crippen LogP contribution in [0.4, 0.5) is 5.69 Å². The van der Waals surface area contributed by atoms with Gasteiger partial charge in [-0.2, -0.15) is 0 Å². The van der Waals surface area contributed by atoms with Crippen LogP contribution in [0.1, 0.15) is 30.6 Å². The Morgan fingerprint density at radius 1 is 1.20 bits per heavy atom. The van der Waals surface area contributed by atoms with E-state index in [4.69, 9.17) is 5.73 Å². The Balaban J connectivity index is 2.50. The smallest absolute Gasteiger partial charge is 0.248 e. The summed E-state index contributed by atoms with van der Waals surface area (Å²) in [5.74, 6) is -0.745. The summed E-state index contributed by atoms with van der Waals surface area (Å²) in [5.41, 5.74) is 6.10. The maximum atomic E-state index is 11.7. The fourth-order valence-electron chi connectivity index (χ4n) is 1.72. The third kappa shape index (κ3) is 4.72. The zero-order valence-corrected chi connectivity index (χ0v) is 11.7. The highest BCUT2D eigenvalue weighted by Crippen LogP contribution is 2.09. The van der Waals surface area contributed by atoms with Crippen LogP contribution in [0.3, 0.4) is 0 Å². The molecule has 0 radical (unpaired) electrons. The molecule has 3 amide bonds. The van der Waals surface area contributed by atoms with Crippen molar-refractivity contribution in [2.75, 3.05) is 18.4 Å². The monoisotopic (exact) mass is 277 g/mol. The molecule has 0 spiro atoms. The van der Waals surface area contributed by atoms with Gasteiger partial charge in [-0.15, -0.1) is 0 Å². The number of benzene rings is 1. The summed E-state index contributed by atoms with van der Waals surface area (Å²) in [7, 11) is 0. The van der Waals surface area contributed by atoms with Crippen LogP contribution in [0.15, 0.2) is 24.3 Å². The van der Waals surface area contributed by atoms with E-state index in [9.17, 15) is 14.4 Å². The van der Waals surface area contributed by atoms with E-state index in [1.165, 1.54) is 6.92 Å². The minimum atomic E-state index is -0.511. The molecule has 6 heteroatoms. The first-order valence-corrected chi connectivity index (χ1v) is 6.39. The third-order valence-electron chi connectivity index (χ3n) is 2.89. The number of hydrogen-bond donors (Lipinski definition) is 2. The van der Waals surface area contributed by atoms with Gasteiger partial charge < -0.3 is 16.0 Å². The largest absolute Gasteiger partial charge is 0.366 e. The summed E-state index contributed by atoms with van der Waals surface area (Å²) in [5, 5.41) is 2.70. The quantitative estimate of drug-likeness (QED) is 0.811. The number of carbonyl (C=O) groups excluding carboxylic acids is 3. The normalized spacial score (nSPS) is 9.90. The van der Waals surface area contributed by atoms with Gasteiger partial charge in [0.15, 0.2) is 0 Å². The van der Waals surface area contributed by atoms with E-state index in [2.05, 4.69) is 5.32 Å². The van der Waals surface area contributed by atoms with Crippen molar-refractivity contribution in [2.24, 2.45) is 5.73 Å². The highest BCUT2D eigenvalue weighted by atomic mass is 16.2. The van der Waals surface area contributed by atoms with E-state index < -0.39 is 5.91 Å². The molecule has 20 heavy (non-hydrogen) atoms. The molecule has 1 rings (SSSR count). The Morgan fingerprint density at radius 2 is 1.80 bits per heavy atom. The summed E-state index contributed by atoms with van der Waals surface area (Å²) in [6.45, 7) is 4.30. The highest BCUT2D eigenvalue weighted by Gasteiger charge is 2.09. The molecule has 3 N–H and O–H groups in total. The molecule has 0 fully saturated rings. The van der Waals surface area contributed by atoms with E-state index in [1.807, 2.05) is 6.92 Å². The molecule has 0 atom stereocenters. The molecule has 0 unspecified atom stereocenters. The number of nitrogens with two attached hydrogens (primary N) is 1. The molecular formula is C14H19N3O3. The van der Waals surface area contributed by atoms with Crippen LogP contribution in [0.5, 0.6) is 0 Å². The van der Waals surface area contributed by atoms with Crippen LogP contribution in [-0.2, 0) is 9.59 Å². The van der Waals surface area contributed by atoms with Crippen molar-refractivity contribution in [1.82, 2.24) is 4.90 Å². The number of nitrogens with zero attached hydrogens (tertiary/aromatic N) is 1. The molecule has 0 aliphatic rings. The van der Waals surface area contributed by atoms with Crippen molar-refractivity contribution in [3.8, 4) is 0 Å². The van der Waals surface area contributed by atoms with Crippen LogP contribution in [0, 0.1) is 0 Å². The minimum absolute atomic E-state index is 0.0499. The van der Waals surface area contributed by atoms with Crippen LogP contribution < -0.4 is 11.1 Å². The number of anilines is 1. The Bertz CT molecular complexity index is 497. The first-order valence-electron chi connectivity index (χ1n) is 6.39. The predicted molar refractivity (Wildman–Crippen MR) is 76.1 cm³/mol. The molecule has 108 valence electrons. The molecule has 0 saturated carbocycles. The maximum absolute atomic E-state index is 11.7. The number of hydrogen-bond acceptors (Lipinski definition) is 3. The van der Waals surface area contributed by atoms with Gasteiger partial charge in [0.1, 0.15) is 0 Å². The average Bonchev–Trinajstić information content (AvgIpc) is 2.39. The molecular weight excluding hydrogens is 258 g/mol. The molecule has 6 nitrogen and oxygen atoms in total. The van der Waals surface area contributed by atoms with Crippen molar-refractivity contribution in [2.45, 2.75) is 20.3 Å². The number of amides is 3. The van der Waals surface area contributed by atoms with Gasteiger partial charge in [0.2, 0.25) is 17.7 Å². The van der Waals surface area contributed by atoms with Crippen LogP contribution >= 0.6 is 0 Å². The number of nitrogens with one attached hydrogen (secondary N) is 1. The molecule has 0 saturated heterocycles. The van der Waals surface area contributed by atoms with Crippen molar-refractivity contribution in [3.63, 3.8) is 0 Å². The second kappa shape index (κ2) is 7.28. The molecule has 0 heterocycles. The number of carbonyl (C=O) groups is 3. The van der Waals surface area contributed by atoms with Crippen LogP contribution in [-0.4, -0.2) is 35.7 Å². The van der Waals surface area contributed by atoms with Crippen molar-refractivity contribution < 1.29 is 14.4 Å². The summed E-state index contributed by atoms with van der Waals surface area (Å²) in [6.07, 6.45) is 0.227. The molecule has 1 aromatic rings. The summed E-state index contributed by atoms with van der Waals surface area (Å²) in [6, 6.07) is 6.32. The van der Waals surface area contributed by atoms with Crippen LogP contribution in [0.2, 0.25) is 0 Å². The number of primary amides is 1. The molecule has 0 aliphatic heterocycles. The van der Waals surface area contributed by atoms with Gasteiger partial charge in [0, 0.05) is 37.7 Å². The maximum Gasteiger partial charge on any atom is 0.248 e. The lowest BCUT2D eigenvalue weighted by molar-refractivity contribution is -0.129. The second-order valence-electron chi connectivity index (χ2n) is 4.34. The van der Waals surface area contributed by atoms with E-state index in [0.717, 1.165) is 0 Å². The lowest BCUT2D eigenvalue weighted by Gasteiger charge is -2.18. The Hall–Kier alpha value is -2.37. The van der Waals surface area contributed by atoms with Gasteiger partial charge in [-0.25, -0.2) is 0 Å². The van der Waals surface area contributed by atoms with E-state index in [-0.39, 0.29) is 18.2 Å². The first-order chi connectivity index (χ1) is 9.43. The minimum Gasteiger partial charge on any atom is -0.366 e. The zero-order valence-electron chi connectivity index (χ0n) is 11.7. The number of rotatable bonds is 6. The fraction of sp³-hybridized carbons (Fsp3) is 0.357. The van der Waals surface area contributed by atoms with Crippen molar-refractivity contribution in [3.05, 3.63) is 29.8 Å². The van der Waals surface area contributed by atoms with Crippen LogP contribution in [0.25, 0.3) is 0 Å². The van der Waals surface area contributed by atoms with Crippen molar-refractivity contribution >= 4 is 23.4 Å². The molecule has 1 aromatic carbocycles. The lowest BCUT2D eigenvalue weighted by atomic mass is 10.2. The topological polar surface area (TPSA) is 92.5 Å². The summed E-state index contributed by atoms with van der Waals surface area (Å²) < 4.78 is 0.